The monoisotopic (exact) mass is 423 g/mol. The SMILES string of the molecule is CNC(=O)c1cccc(CCNc2nc(CN3CCCC3)nc3sc(C)c(C)c23)c1. The maximum atomic E-state index is 11.9. The molecule has 1 saturated heterocycles. The molecule has 0 saturated carbocycles. The topological polar surface area (TPSA) is 70.2 Å². The number of carbonyl (C=O) groups is 1. The normalized spacial score (nSPS) is 14.4. The summed E-state index contributed by atoms with van der Waals surface area (Å²) < 4.78 is 0. The Morgan fingerprint density at radius 2 is 2.00 bits per heavy atom. The second-order valence-electron chi connectivity index (χ2n) is 7.89. The van der Waals surface area contributed by atoms with E-state index in [-0.39, 0.29) is 5.91 Å². The van der Waals surface area contributed by atoms with Gasteiger partial charge >= 0.3 is 0 Å². The van der Waals surface area contributed by atoms with Crippen LogP contribution in [0, 0.1) is 13.8 Å². The molecule has 1 amide bonds. The van der Waals surface area contributed by atoms with Crippen LogP contribution in [0.15, 0.2) is 24.3 Å². The van der Waals surface area contributed by atoms with Gasteiger partial charge in [-0.3, -0.25) is 9.69 Å². The van der Waals surface area contributed by atoms with Crippen molar-refractivity contribution in [2.45, 2.75) is 39.7 Å². The van der Waals surface area contributed by atoms with Crippen molar-refractivity contribution in [2.75, 3.05) is 32.0 Å². The summed E-state index contributed by atoms with van der Waals surface area (Å²) in [6.07, 6.45) is 3.35. The van der Waals surface area contributed by atoms with Gasteiger partial charge in [0.1, 0.15) is 16.5 Å². The van der Waals surface area contributed by atoms with Crippen LogP contribution in [0.2, 0.25) is 0 Å². The largest absolute Gasteiger partial charge is 0.369 e. The molecule has 1 aromatic carbocycles. The van der Waals surface area contributed by atoms with Gasteiger partial charge in [0, 0.05) is 24.0 Å². The maximum Gasteiger partial charge on any atom is 0.251 e. The van der Waals surface area contributed by atoms with Crippen molar-refractivity contribution in [3.63, 3.8) is 0 Å². The minimum Gasteiger partial charge on any atom is -0.369 e. The predicted molar refractivity (Wildman–Crippen MR) is 123 cm³/mol. The first-order valence-electron chi connectivity index (χ1n) is 10.6. The molecule has 1 fully saturated rings. The number of anilines is 1. The van der Waals surface area contributed by atoms with Crippen molar-refractivity contribution in [3.05, 3.63) is 51.7 Å². The summed E-state index contributed by atoms with van der Waals surface area (Å²) >= 11 is 1.75. The first kappa shape index (κ1) is 20.8. The number of likely N-dealkylation sites (tertiary alicyclic amines) is 1. The van der Waals surface area contributed by atoms with Crippen LogP contribution in [0.25, 0.3) is 10.2 Å². The molecule has 0 unspecified atom stereocenters. The third-order valence-corrected chi connectivity index (χ3v) is 6.86. The van der Waals surface area contributed by atoms with Crippen LogP contribution in [0.1, 0.15) is 45.0 Å². The zero-order valence-electron chi connectivity index (χ0n) is 17.9. The number of benzene rings is 1. The van der Waals surface area contributed by atoms with E-state index in [0.29, 0.717) is 5.56 Å². The summed E-state index contributed by atoms with van der Waals surface area (Å²) in [5, 5.41) is 7.38. The van der Waals surface area contributed by atoms with Crippen LogP contribution in [-0.2, 0) is 13.0 Å². The average Bonchev–Trinajstić information content (AvgIpc) is 3.35. The molecule has 0 atom stereocenters. The molecule has 2 aromatic heterocycles. The number of aromatic nitrogens is 2. The van der Waals surface area contributed by atoms with Crippen molar-refractivity contribution in [2.24, 2.45) is 0 Å². The number of fused-ring (bicyclic) bond motifs is 1. The maximum absolute atomic E-state index is 11.9. The minimum absolute atomic E-state index is 0.0572. The molecule has 6 nitrogen and oxygen atoms in total. The number of carbonyl (C=O) groups excluding carboxylic acids is 1. The molecule has 0 bridgehead atoms. The Labute approximate surface area is 181 Å². The summed E-state index contributed by atoms with van der Waals surface area (Å²) in [7, 11) is 1.65. The van der Waals surface area contributed by atoms with E-state index in [0.717, 1.165) is 60.0 Å². The number of nitrogens with one attached hydrogen (secondary N) is 2. The molecule has 30 heavy (non-hydrogen) atoms. The molecular formula is C23H29N5OS. The molecule has 1 aliphatic rings. The van der Waals surface area contributed by atoms with Gasteiger partial charge in [-0.2, -0.15) is 0 Å². The Morgan fingerprint density at radius 3 is 2.77 bits per heavy atom. The van der Waals surface area contributed by atoms with Crippen LogP contribution in [0.3, 0.4) is 0 Å². The second kappa shape index (κ2) is 9.10. The smallest absolute Gasteiger partial charge is 0.251 e. The van der Waals surface area contributed by atoms with Crippen LogP contribution >= 0.6 is 11.3 Å². The lowest BCUT2D eigenvalue weighted by atomic mass is 10.1. The molecule has 0 spiro atoms. The number of aryl methyl sites for hydroxylation is 2. The molecule has 4 rings (SSSR count). The molecular weight excluding hydrogens is 394 g/mol. The highest BCUT2D eigenvalue weighted by molar-refractivity contribution is 7.18. The zero-order chi connectivity index (χ0) is 21.1. The van der Waals surface area contributed by atoms with Gasteiger partial charge in [-0.15, -0.1) is 11.3 Å². The van der Waals surface area contributed by atoms with Gasteiger partial charge in [0.15, 0.2) is 0 Å². The van der Waals surface area contributed by atoms with Crippen LogP contribution in [0.4, 0.5) is 5.82 Å². The molecule has 0 aliphatic carbocycles. The van der Waals surface area contributed by atoms with Gasteiger partial charge in [0.2, 0.25) is 0 Å². The molecule has 158 valence electrons. The van der Waals surface area contributed by atoms with E-state index in [9.17, 15) is 4.79 Å². The Kier molecular flexibility index (Phi) is 6.29. The van der Waals surface area contributed by atoms with E-state index in [2.05, 4.69) is 35.4 Å². The first-order valence-corrected chi connectivity index (χ1v) is 11.4. The van der Waals surface area contributed by atoms with Crippen molar-refractivity contribution in [1.82, 2.24) is 20.2 Å². The van der Waals surface area contributed by atoms with Gasteiger partial charge in [0.25, 0.3) is 5.91 Å². The second-order valence-corrected chi connectivity index (χ2v) is 9.09. The predicted octanol–water partition coefficient (Wildman–Crippen LogP) is 3.92. The lowest BCUT2D eigenvalue weighted by molar-refractivity contribution is 0.0963. The van der Waals surface area contributed by atoms with E-state index in [1.165, 1.54) is 23.3 Å². The molecule has 1 aliphatic heterocycles. The number of hydrogen-bond donors (Lipinski definition) is 2. The summed E-state index contributed by atoms with van der Waals surface area (Å²) in [5.74, 6) is 1.77. The Balaban J connectivity index is 1.53. The Morgan fingerprint density at radius 1 is 1.20 bits per heavy atom. The lowest BCUT2D eigenvalue weighted by Crippen LogP contribution is -2.20. The fourth-order valence-electron chi connectivity index (χ4n) is 3.97. The molecule has 3 aromatic rings. The van der Waals surface area contributed by atoms with Gasteiger partial charge in [-0.05, 0) is 69.5 Å². The Hall–Kier alpha value is -2.51. The summed E-state index contributed by atoms with van der Waals surface area (Å²) in [4.78, 5) is 26.4. The van der Waals surface area contributed by atoms with Crippen LogP contribution in [-0.4, -0.2) is 47.5 Å². The van der Waals surface area contributed by atoms with E-state index < -0.39 is 0 Å². The standard InChI is InChI=1S/C23H29N5OS/c1-15-16(2)30-23-20(15)21(26-19(27-23)14-28-11-4-5-12-28)25-10-9-17-7-6-8-18(13-17)22(29)24-3/h6-8,13H,4-5,9-12,14H2,1-3H3,(H,24,29)(H,25,26,27). The van der Waals surface area contributed by atoms with Crippen molar-refractivity contribution in [1.29, 1.82) is 0 Å². The summed E-state index contributed by atoms with van der Waals surface area (Å²) in [6.45, 7) is 8.13. The highest BCUT2D eigenvalue weighted by atomic mass is 32.1. The highest BCUT2D eigenvalue weighted by Gasteiger charge is 2.18. The lowest BCUT2D eigenvalue weighted by Gasteiger charge is -2.15. The molecule has 7 heteroatoms. The van der Waals surface area contributed by atoms with Gasteiger partial charge in [0.05, 0.1) is 11.9 Å². The van der Waals surface area contributed by atoms with Gasteiger partial charge < -0.3 is 10.6 Å². The minimum atomic E-state index is -0.0572. The third-order valence-electron chi connectivity index (χ3n) is 5.76. The van der Waals surface area contributed by atoms with E-state index in [1.54, 1.807) is 18.4 Å². The number of rotatable bonds is 7. The van der Waals surface area contributed by atoms with E-state index in [1.807, 2.05) is 18.2 Å². The van der Waals surface area contributed by atoms with E-state index in [4.69, 9.17) is 9.97 Å². The van der Waals surface area contributed by atoms with Crippen LogP contribution < -0.4 is 10.6 Å². The van der Waals surface area contributed by atoms with E-state index >= 15 is 0 Å². The fourth-order valence-corrected chi connectivity index (χ4v) is 5.02. The zero-order valence-corrected chi connectivity index (χ0v) is 18.7. The van der Waals surface area contributed by atoms with Crippen molar-refractivity contribution >= 4 is 33.3 Å². The summed E-state index contributed by atoms with van der Waals surface area (Å²) in [6, 6.07) is 7.78. The number of hydrogen-bond acceptors (Lipinski definition) is 6. The highest BCUT2D eigenvalue weighted by Crippen LogP contribution is 2.33. The van der Waals surface area contributed by atoms with Gasteiger partial charge in [-0.1, -0.05) is 12.1 Å². The molecule has 3 heterocycles. The summed E-state index contributed by atoms with van der Waals surface area (Å²) in [5.41, 5.74) is 3.08. The van der Waals surface area contributed by atoms with Crippen molar-refractivity contribution < 1.29 is 4.79 Å². The average molecular weight is 424 g/mol. The molecule has 2 N–H and O–H groups in total. The fraction of sp³-hybridized carbons (Fsp3) is 0.435. The Bertz CT molecular complexity index is 1060. The molecule has 0 radical (unpaired) electrons. The third kappa shape index (κ3) is 4.47. The quantitative estimate of drug-likeness (QED) is 0.603. The first-order chi connectivity index (χ1) is 14.5. The van der Waals surface area contributed by atoms with Crippen molar-refractivity contribution in [3.8, 4) is 0 Å². The van der Waals surface area contributed by atoms with Crippen LogP contribution in [0.5, 0.6) is 0 Å². The number of nitrogens with zero attached hydrogens (tertiary/aromatic N) is 3. The number of amides is 1. The van der Waals surface area contributed by atoms with Gasteiger partial charge in [-0.25, -0.2) is 9.97 Å². The number of thiophene rings is 1.